The summed E-state index contributed by atoms with van der Waals surface area (Å²) in [6.45, 7) is 3.83. The Morgan fingerprint density at radius 2 is 1.94 bits per heavy atom. The zero-order valence-electron chi connectivity index (χ0n) is 11.0. The highest BCUT2D eigenvalue weighted by atomic mass is 16.5. The predicted octanol–water partition coefficient (Wildman–Crippen LogP) is 1.02. The lowest BCUT2D eigenvalue weighted by Gasteiger charge is -2.30. The second kappa shape index (κ2) is 5.99. The number of rotatable bonds is 10. The maximum atomic E-state index is 11.6. The van der Waals surface area contributed by atoms with E-state index in [0.717, 1.165) is 25.7 Å². The van der Waals surface area contributed by atoms with Crippen LogP contribution in [0.5, 0.6) is 0 Å². The molecule has 2 saturated carbocycles. The second-order valence-corrected chi connectivity index (χ2v) is 5.22. The van der Waals surface area contributed by atoms with Gasteiger partial charge in [0.15, 0.2) is 0 Å². The van der Waals surface area contributed by atoms with Crippen molar-refractivity contribution in [3.05, 3.63) is 0 Å². The maximum absolute atomic E-state index is 11.6. The summed E-state index contributed by atoms with van der Waals surface area (Å²) < 4.78 is 10.7. The van der Waals surface area contributed by atoms with Crippen molar-refractivity contribution in [2.45, 2.75) is 44.2 Å². The summed E-state index contributed by atoms with van der Waals surface area (Å²) in [5, 5.41) is 12.8. The van der Waals surface area contributed by atoms with E-state index in [0.29, 0.717) is 25.9 Å². The monoisotopic (exact) mass is 257 g/mol. The van der Waals surface area contributed by atoms with E-state index in [9.17, 15) is 9.90 Å². The van der Waals surface area contributed by atoms with Crippen LogP contribution in [-0.4, -0.2) is 49.1 Å². The van der Waals surface area contributed by atoms with Crippen LogP contribution >= 0.6 is 0 Å². The molecule has 0 spiro atoms. The highest BCUT2D eigenvalue weighted by molar-refractivity contribution is 5.80. The Morgan fingerprint density at radius 1 is 1.28 bits per heavy atom. The van der Waals surface area contributed by atoms with Crippen LogP contribution in [-0.2, 0) is 14.3 Å². The summed E-state index contributed by atoms with van der Waals surface area (Å²) in [7, 11) is 0. The molecule has 5 heteroatoms. The van der Waals surface area contributed by atoms with Crippen LogP contribution in [0, 0.1) is 5.92 Å². The zero-order chi connectivity index (χ0) is 13.0. The van der Waals surface area contributed by atoms with Gasteiger partial charge in [-0.25, -0.2) is 0 Å². The third-order valence-electron chi connectivity index (χ3n) is 3.60. The number of carboxylic acids is 1. The molecule has 104 valence electrons. The van der Waals surface area contributed by atoms with E-state index in [1.165, 1.54) is 0 Å². The van der Waals surface area contributed by atoms with Gasteiger partial charge in [0.25, 0.3) is 0 Å². The molecule has 0 radical (unpaired) electrons. The van der Waals surface area contributed by atoms with Gasteiger partial charge in [0.1, 0.15) is 5.54 Å². The topological polar surface area (TPSA) is 67.8 Å². The summed E-state index contributed by atoms with van der Waals surface area (Å²) in [6, 6.07) is 0.372. The van der Waals surface area contributed by atoms with Crippen molar-refractivity contribution in [2.24, 2.45) is 5.92 Å². The molecule has 18 heavy (non-hydrogen) atoms. The fourth-order valence-corrected chi connectivity index (χ4v) is 2.24. The van der Waals surface area contributed by atoms with Gasteiger partial charge in [-0.1, -0.05) is 0 Å². The average molecular weight is 257 g/mol. The molecule has 2 aliphatic carbocycles. The zero-order valence-corrected chi connectivity index (χ0v) is 11.0. The lowest BCUT2D eigenvalue weighted by atomic mass is 9.94. The molecule has 0 aromatic carbocycles. The molecule has 0 bridgehead atoms. The van der Waals surface area contributed by atoms with Crippen molar-refractivity contribution >= 4 is 5.97 Å². The lowest BCUT2D eigenvalue weighted by molar-refractivity contribution is -0.149. The Labute approximate surface area is 108 Å². The smallest absolute Gasteiger partial charge is 0.326 e. The Hall–Kier alpha value is -0.650. The van der Waals surface area contributed by atoms with Crippen molar-refractivity contribution in [2.75, 3.05) is 26.4 Å². The first kappa shape index (κ1) is 13.8. The van der Waals surface area contributed by atoms with Crippen LogP contribution in [0.3, 0.4) is 0 Å². The number of carbonyl (C=O) groups is 1. The quantitative estimate of drug-likeness (QED) is 0.572. The molecule has 2 aliphatic rings. The Balaban J connectivity index is 1.84. The third kappa shape index (κ3) is 3.43. The molecular weight excluding hydrogens is 234 g/mol. The molecule has 0 aromatic rings. The summed E-state index contributed by atoms with van der Waals surface area (Å²) in [4.78, 5) is 11.6. The van der Waals surface area contributed by atoms with Gasteiger partial charge in [0.2, 0.25) is 0 Å². The molecule has 0 amide bonds. The number of nitrogens with one attached hydrogen (secondary N) is 1. The normalized spacial score (nSPS) is 22.7. The van der Waals surface area contributed by atoms with E-state index in [1.54, 1.807) is 0 Å². The van der Waals surface area contributed by atoms with E-state index >= 15 is 0 Å². The Bertz CT molecular complexity index is 289. The van der Waals surface area contributed by atoms with E-state index in [-0.39, 0.29) is 12.5 Å². The van der Waals surface area contributed by atoms with Crippen LogP contribution in [0.25, 0.3) is 0 Å². The van der Waals surface area contributed by atoms with Crippen molar-refractivity contribution in [3.63, 3.8) is 0 Å². The molecule has 0 aromatic heterocycles. The molecule has 2 fully saturated rings. The van der Waals surface area contributed by atoms with E-state index in [2.05, 4.69) is 5.32 Å². The number of carboxylic acid groups (broad SMARTS) is 1. The minimum atomic E-state index is -0.868. The van der Waals surface area contributed by atoms with Gasteiger partial charge < -0.3 is 14.6 Å². The number of aliphatic carboxylic acids is 1. The van der Waals surface area contributed by atoms with E-state index in [4.69, 9.17) is 9.47 Å². The van der Waals surface area contributed by atoms with Crippen molar-refractivity contribution in [1.29, 1.82) is 0 Å². The summed E-state index contributed by atoms with van der Waals surface area (Å²) in [5.74, 6) is -0.545. The predicted molar refractivity (Wildman–Crippen MR) is 66.6 cm³/mol. The van der Waals surface area contributed by atoms with Gasteiger partial charge in [-0.2, -0.15) is 0 Å². The first-order valence-electron chi connectivity index (χ1n) is 6.85. The average Bonchev–Trinajstić information content (AvgIpc) is 3.19. The molecule has 1 atom stereocenters. The minimum Gasteiger partial charge on any atom is -0.480 e. The third-order valence-corrected chi connectivity index (χ3v) is 3.60. The molecule has 5 nitrogen and oxygen atoms in total. The highest BCUT2D eigenvalue weighted by Crippen LogP contribution is 2.42. The molecule has 2 N–H and O–H groups in total. The summed E-state index contributed by atoms with van der Waals surface area (Å²) in [5.41, 5.74) is -0.868. The fraction of sp³-hybridized carbons (Fsp3) is 0.923. The lowest BCUT2D eigenvalue weighted by Crippen LogP contribution is -2.58. The first-order valence-corrected chi connectivity index (χ1v) is 6.85. The van der Waals surface area contributed by atoms with Crippen molar-refractivity contribution in [1.82, 2.24) is 5.32 Å². The van der Waals surface area contributed by atoms with Gasteiger partial charge in [-0.15, -0.1) is 0 Å². The maximum Gasteiger partial charge on any atom is 0.326 e. The fourth-order valence-electron chi connectivity index (χ4n) is 2.24. The number of ether oxygens (including phenoxy) is 2. The van der Waals surface area contributed by atoms with Crippen LogP contribution < -0.4 is 5.32 Å². The molecule has 0 saturated heterocycles. The van der Waals surface area contributed by atoms with Crippen LogP contribution in [0.2, 0.25) is 0 Å². The molecule has 2 rings (SSSR count). The summed E-state index contributed by atoms with van der Waals surface area (Å²) in [6.07, 6.45) is 4.14. The molecule has 1 unspecified atom stereocenters. The summed E-state index contributed by atoms with van der Waals surface area (Å²) >= 11 is 0. The van der Waals surface area contributed by atoms with Crippen molar-refractivity contribution in [3.8, 4) is 0 Å². The van der Waals surface area contributed by atoms with Crippen LogP contribution in [0.15, 0.2) is 0 Å². The Morgan fingerprint density at radius 3 is 2.44 bits per heavy atom. The Kier molecular flexibility index (Phi) is 4.59. The first-order chi connectivity index (χ1) is 8.69. The number of hydrogen-bond donors (Lipinski definition) is 2. The van der Waals surface area contributed by atoms with Crippen LogP contribution in [0.4, 0.5) is 0 Å². The minimum absolute atomic E-state index is 0.225. The van der Waals surface area contributed by atoms with E-state index < -0.39 is 11.5 Å². The van der Waals surface area contributed by atoms with Crippen molar-refractivity contribution < 1.29 is 19.4 Å². The van der Waals surface area contributed by atoms with Gasteiger partial charge >= 0.3 is 5.97 Å². The van der Waals surface area contributed by atoms with Gasteiger partial charge in [-0.05, 0) is 38.5 Å². The highest BCUT2D eigenvalue weighted by Gasteiger charge is 2.53. The second-order valence-electron chi connectivity index (χ2n) is 5.22. The standard InChI is InChI=1S/C13H23NO4/c1-2-17-7-8-18-9-13(12(15)16,10-3-4-10)14-11-5-6-11/h10-11,14H,2-9H2,1H3,(H,15,16). The molecule has 0 heterocycles. The van der Waals surface area contributed by atoms with Gasteiger partial charge in [-0.3, -0.25) is 10.1 Å². The number of hydrogen-bond acceptors (Lipinski definition) is 4. The SMILES string of the molecule is CCOCCOCC(NC1CC1)(C(=O)O)C1CC1. The molecular formula is C13H23NO4. The van der Waals surface area contributed by atoms with Gasteiger partial charge in [0.05, 0.1) is 19.8 Å². The van der Waals surface area contributed by atoms with Crippen LogP contribution in [0.1, 0.15) is 32.6 Å². The van der Waals surface area contributed by atoms with E-state index in [1.807, 2.05) is 6.92 Å². The van der Waals surface area contributed by atoms with Gasteiger partial charge in [0, 0.05) is 12.6 Å². The largest absolute Gasteiger partial charge is 0.480 e. The molecule has 0 aliphatic heterocycles.